The molecule has 3 aromatic rings. The lowest BCUT2D eigenvalue weighted by atomic mass is 10.1. The first kappa shape index (κ1) is 17.1. The number of aromatic nitrogens is 1. The molecule has 1 aromatic heterocycles. The average Bonchev–Trinajstić information content (AvgIpc) is 3.03. The molecule has 1 heterocycles. The molecule has 1 atom stereocenters. The van der Waals surface area contributed by atoms with Crippen LogP contribution in [0.5, 0.6) is 0 Å². The summed E-state index contributed by atoms with van der Waals surface area (Å²) in [6.07, 6.45) is -0.827. The Morgan fingerprint density at radius 2 is 1.88 bits per heavy atom. The number of nitrogens with zero attached hydrogens (tertiary/aromatic N) is 1. The molecule has 25 heavy (non-hydrogen) atoms. The Balaban J connectivity index is 1.54. The van der Waals surface area contributed by atoms with Crippen LogP contribution in [0.3, 0.4) is 0 Å². The zero-order valence-electron chi connectivity index (χ0n) is 14.0. The van der Waals surface area contributed by atoms with E-state index in [4.69, 9.17) is 4.74 Å². The summed E-state index contributed by atoms with van der Waals surface area (Å²) >= 11 is 1.47. The van der Waals surface area contributed by atoms with Crippen LogP contribution in [0.4, 0.5) is 5.13 Å². The van der Waals surface area contributed by atoms with Crippen molar-refractivity contribution < 1.29 is 14.3 Å². The minimum absolute atomic E-state index is 0.0364. The van der Waals surface area contributed by atoms with Gasteiger partial charge < -0.3 is 10.1 Å². The van der Waals surface area contributed by atoms with E-state index in [1.54, 1.807) is 19.1 Å². The molecule has 0 radical (unpaired) electrons. The molecule has 0 aliphatic heterocycles. The number of nitrogens with one attached hydrogen (secondary N) is 1. The van der Waals surface area contributed by atoms with Gasteiger partial charge in [-0.2, -0.15) is 0 Å². The number of carbonyl (C=O) groups excluding carboxylic acids is 2. The van der Waals surface area contributed by atoms with Crippen molar-refractivity contribution in [3.63, 3.8) is 0 Å². The molecule has 0 saturated carbocycles. The summed E-state index contributed by atoms with van der Waals surface area (Å²) < 4.78 is 6.26. The number of benzene rings is 2. The number of hydrogen-bond donors (Lipinski definition) is 1. The number of anilines is 1. The van der Waals surface area contributed by atoms with Gasteiger partial charge in [-0.05, 0) is 26.0 Å². The smallest absolute Gasteiger partial charge is 0.326 e. The van der Waals surface area contributed by atoms with Gasteiger partial charge in [0, 0.05) is 5.56 Å². The Morgan fingerprint density at radius 3 is 2.60 bits per heavy atom. The van der Waals surface area contributed by atoms with Gasteiger partial charge in [0.2, 0.25) is 5.78 Å². The second-order valence-electron chi connectivity index (χ2n) is 5.70. The molecule has 0 bridgehead atoms. The number of thiazole rings is 1. The molecule has 2 aromatic carbocycles. The molecule has 0 saturated heterocycles. The number of para-hydroxylation sites is 1. The van der Waals surface area contributed by atoms with Gasteiger partial charge in [-0.25, -0.2) is 4.98 Å². The van der Waals surface area contributed by atoms with E-state index in [1.165, 1.54) is 11.3 Å². The summed E-state index contributed by atoms with van der Waals surface area (Å²) in [4.78, 5) is 28.6. The second-order valence-corrected chi connectivity index (χ2v) is 6.73. The van der Waals surface area contributed by atoms with Crippen LogP contribution in [0.1, 0.15) is 22.8 Å². The Morgan fingerprint density at radius 1 is 1.16 bits per heavy atom. The predicted octanol–water partition coefficient (Wildman–Crippen LogP) is 3.83. The second kappa shape index (κ2) is 7.44. The molecule has 3 rings (SSSR count). The lowest BCUT2D eigenvalue weighted by molar-refractivity contribution is -0.144. The Kier molecular flexibility index (Phi) is 5.09. The molecule has 0 amide bonds. The van der Waals surface area contributed by atoms with E-state index in [0.29, 0.717) is 10.7 Å². The Hall–Kier alpha value is -2.73. The molecule has 1 N–H and O–H groups in total. The molecule has 0 aliphatic rings. The molecule has 0 unspecified atom stereocenters. The van der Waals surface area contributed by atoms with Crippen molar-refractivity contribution in [3.8, 4) is 0 Å². The topological polar surface area (TPSA) is 68.3 Å². The summed E-state index contributed by atoms with van der Waals surface area (Å²) in [6.45, 7) is 3.49. The van der Waals surface area contributed by atoms with Crippen molar-refractivity contribution in [2.24, 2.45) is 0 Å². The molecule has 0 fully saturated rings. The fourth-order valence-corrected chi connectivity index (χ4v) is 3.20. The molecular formula is C19H18N2O3S. The number of Topliss-reactive ketones (excluding diaryl/α,β-unsaturated/α-hetero) is 1. The third-order valence-electron chi connectivity index (χ3n) is 3.69. The molecule has 0 spiro atoms. The van der Waals surface area contributed by atoms with Gasteiger partial charge in [0.15, 0.2) is 11.2 Å². The van der Waals surface area contributed by atoms with Crippen molar-refractivity contribution in [1.29, 1.82) is 0 Å². The maximum absolute atomic E-state index is 12.3. The monoisotopic (exact) mass is 354 g/mol. The van der Waals surface area contributed by atoms with Crippen molar-refractivity contribution in [2.75, 3.05) is 11.9 Å². The summed E-state index contributed by atoms with van der Waals surface area (Å²) in [6, 6.07) is 14.9. The zero-order valence-corrected chi connectivity index (χ0v) is 14.8. The molecule has 128 valence electrons. The van der Waals surface area contributed by atoms with Crippen molar-refractivity contribution in [1.82, 2.24) is 4.98 Å². The van der Waals surface area contributed by atoms with Crippen LogP contribution in [0.25, 0.3) is 10.2 Å². The van der Waals surface area contributed by atoms with Crippen LogP contribution in [0.2, 0.25) is 0 Å². The van der Waals surface area contributed by atoms with Crippen molar-refractivity contribution in [2.45, 2.75) is 20.0 Å². The molecular weight excluding hydrogens is 336 g/mol. The van der Waals surface area contributed by atoms with E-state index in [-0.39, 0.29) is 12.3 Å². The van der Waals surface area contributed by atoms with Crippen LogP contribution in [0.15, 0.2) is 48.5 Å². The number of aryl methyl sites for hydroxylation is 1. The number of ketones is 1. The van der Waals surface area contributed by atoms with Crippen LogP contribution in [0, 0.1) is 6.92 Å². The zero-order chi connectivity index (χ0) is 17.8. The van der Waals surface area contributed by atoms with E-state index in [1.807, 2.05) is 43.3 Å². The highest BCUT2D eigenvalue weighted by atomic mass is 32.1. The summed E-state index contributed by atoms with van der Waals surface area (Å²) in [7, 11) is 0. The van der Waals surface area contributed by atoms with E-state index >= 15 is 0 Å². The van der Waals surface area contributed by atoms with Gasteiger partial charge in [0.25, 0.3) is 0 Å². The number of hydrogen-bond acceptors (Lipinski definition) is 6. The van der Waals surface area contributed by atoms with Gasteiger partial charge >= 0.3 is 5.97 Å². The van der Waals surface area contributed by atoms with Gasteiger partial charge in [-0.3, -0.25) is 9.59 Å². The highest BCUT2D eigenvalue weighted by Gasteiger charge is 2.19. The third-order valence-corrected chi connectivity index (χ3v) is 4.69. The Bertz CT molecular complexity index is 869. The van der Waals surface area contributed by atoms with Gasteiger partial charge in [-0.15, -0.1) is 0 Å². The van der Waals surface area contributed by atoms with E-state index in [0.717, 1.165) is 15.8 Å². The maximum Gasteiger partial charge on any atom is 0.326 e. The quantitative estimate of drug-likeness (QED) is 0.538. The molecule has 0 aliphatic carbocycles. The number of carbonyl (C=O) groups is 2. The standard InChI is InChI=1S/C19H18N2O3S/c1-12-7-9-14(10-8-12)18(23)13(2)24-17(22)11-20-19-21-15-5-3-4-6-16(15)25-19/h3-10,13H,11H2,1-2H3,(H,20,21)/t13-/m0/s1. The largest absolute Gasteiger partial charge is 0.453 e. The third kappa shape index (κ3) is 4.22. The Labute approximate surface area is 149 Å². The van der Waals surface area contributed by atoms with Crippen LogP contribution >= 0.6 is 11.3 Å². The first-order valence-corrected chi connectivity index (χ1v) is 8.74. The van der Waals surface area contributed by atoms with E-state index in [9.17, 15) is 9.59 Å². The van der Waals surface area contributed by atoms with E-state index < -0.39 is 12.1 Å². The average molecular weight is 354 g/mol. The highest BCUT2D eigenvalue weighted by molar-refractivity contribution is 7.22. The lowest BCUT2D eigenvalue weighted by Gasteiger charge is -2.12. The minimum Gasteiger partial charge on any atom is -0.453 e. The first-order chi connectivity index (χ1) is 12.0. The number of esters is 1. The highest BCUT2D eigenvalue weighted by Crippen LogP contribution is 2.25. The maximum atomic E-state index is 12.3. The van der Waals surface area contributed by atoms with Crippen LogP contribution in [-0.2, 0) is 9.53 Å². The van der Waals surface area contributed by atoms with Crippen LogP contribution < -0.4 is 5.32 Å². The van der Waals surface area contributed by atoms with Crippen molar-refractivity contribution >= 4 is 38.4 Å². The fourth-order valence-electron chi connectivity index (χ4n) is 2.34. The number of fused-ring (bicyclic) bond motifs is 1. The van der Waals surface area contributed by atoms with Crippen LogP contribution in [-0.4, -0.2) is 29.4 Å². The van der Waals surface area contributed by atoms with Gasteiger partial charge in [0.1, 0.15) is 6.54 Å². The number of ether oxygens (including phenoxy) is 1. The van der Waals surface area contributed by atoms with Gasteiger partial charge in [0.05, 0.1) is 10.2 Å². The SMILES string of the molecule is Cc1ccc(C(=O)[C@H](C)OC(=O)CNc2nc3ccccc3s2)cc1. The lowest BCUT2D eigenvalue weighted by Crippen LogP contribution is -2.27. The fraction of sp³-hybridized carbons (Fsp3) is 0.211. The minimum atomic E-state index is -0.827. The summed E-state index contributed by atoms with van der Waals surface area (Å²) in [5.74, 6) is -0.708. The normalized spacial score (nSPS) is 11.9. The van der Waals surface area contributed by atoms with Gasteiger partial charge in [-0.1, -0.05) is 53.3 Å². The first-order valence-electron chi connectivity index (χ1n) is 7.93. The summed E-state index contributed by atoms with van der Waals surface area (Å²) in [5.41, 5.74) is 2.48. The molecule has 5 nitrogen and oxygen atoms in total. The van der Waals surface area contributed by atoms with Crippen molar-refractivity contribution in [3.05, 3.63) is 59.7 Å². The number of rotatable bonds is 6. The van der Waals surface area contributed by atoms with E-state index in [2.05, 4.69) is 10.3 Å². The summed E-state index contributed by atoms with van der Waals surface area (Å²) in [5, 5.41) is 3.60. The molecule has 6 heteroatoms. The predicted molar refractivity (Wildman–Crippen MR) is 99.2 cm³/mol.